The summed E-state index contributed by atoms with van der Waals surface area (Å²) in [7, 11) is -0.453. The second-order valence-corrected chi connectivity index (χ2v) is 4.64. The SMILES string of the molecule is CCOCCC[SiH2]NC(=O)CCCO. The Balaban J connectivity index is 3.07. The van der Waals surface area contributed by atoms with Gasteiger partial charge in [0, 0.05) is 26.2 Å². The Hall–Kier alpha value is -0.393. The van der Waals surface area contributed by atoms with E-state index in [-0.39, 0.29) is 12.5 Å². The Morgan fingerprint density at radius 1 is 1.50 bits per heavy atom. The summed E-state index contributed by atoms with van der Waals surface area (Å²) in [5, 5.41) is 8.50. The van der Waals surface area contributed by atoms with Crippen molar-refractivity contribution in [3.05, 3.63) is 0 Å². The average molecular weight is 219 g/mol. The minimum atomic E-state index is -0.453. The molecule has 0 heterocycles. The van der Waals surface area contributed by atoms with E-state index >= 15 is 0 Å². The van der Waals surface area contributed by atoms with Crippen molar-refractivity contribution in [2.75, 3.05) is 19.8 Å². The van der Waals surface area contributed by atoms with E-state index in [1.807, 2.05) is 6.92 Å². The number of aliphatic hydroxyl groups is 1. The molecule has 0 spiro atoms. The zero-order valence-electron chi connectivity index (χ0n) is 8.92. The molecule has 0 aliphatic carbocycles. The fourth-order valence-electron chi connectivity index (χ4n) is 1.03. The van der Waals surface area contributed by atoms with Crippen LogP contribution in [0.15, 0.2) is 0 Å². The molecule has 1 amide bonds. The second kappa shape index (κ2) is 10.7. The van der Waals surface area contributed by atoms with Crippen LogP contribution in [0, 0.1) is 0 Å². The highest BCUT2D eigenvalue weighted by molar-refractivity contribution is 6.36. The van der Waals surface area contributed by atoms with E-state index in [2.05, 4.69) is 4.98 Å². The topological polar surface area (TPSA) is 58.6 Å². The van der Waals surface area contributed by atoms with Crippen molar-refractivity contribution in [2.45, 2.75) is 32.2 Å². The summed E-state index contributed by atoms with van der Waals surface area (Å²) in [6, 6.07) is 1.09. The second-order valence-electron chi connectivity index (χ2n) is 3.08. The van der Waals surface area contributed by atoms with Crippen molar-refractivity contribution >= 4 is 15.6 Å². The zero-order valence-corrected chi connectivity index (χ0v) is 10.3. The molecule has 0 radical (unpaired) electrons. The van der Waals surface area contributed by atoms with Crippen molar-refractivity contribution < 1.29 is 14.6 Å². The van der Waals surface area contributed by atoms with Crippen molar-refractivity contribution in [1.82, 2.24) is 4.98 Å². The summed E-state index contributed by atoms with van der Waals surface area (Å²) in [5.41, 5.74) is 0. The predicted octanol–water partition coefficient (Wildman–Crippen LogP) is -0.196. The molecule has 2 N–H and O–H groups in total. The molecule has 84 valence electrons. The van der Waals surface area contributed by atoms with Crippen molar-refractivity contribution in [2.24, 2.45) is 0 Å². The van der Waals surface area contributed by atoms with Gasteiger partial charge in [-0.2, -0.15) is 0 Å². The highest BCUT2D eigenvalue weighted by Gasteiger charge is 1.99. The number of hydrogen-bond donors (Lipinski definition) is 2. The van der Waals surface area contributed by atoms with Crippen molar-refractivity contribution in [1.29, 1.82) is 0 Å². The lowest BCUT2D eigenvalue weighted by atomic mass is 10.3. The van der Waals surface area contributed by atoms with Gasteiger partial charge in [-0.3, -0.25) is 4.79 Å². The van der Waals surface area contributed by atoms with Gasteiger partial charge in [0.15, 0.2) is 0 Å². The molecule has 5 heteroatoms. The first kappa shape index (κ1) is 13.6. The van der Waals surface area contributed by atoms with Crippen LogP contribution < -0.4 is 4.98 Å². The summed E-state index contributed by atoms with van der Waals surface area (Å²) in [5.74, 6) is 0.0853. The van der Waals surface area contributed by atoms with E-state index in [4.69, 9.17) is 9.84 Å². The van der Waals surface area contributed by atoms with E-state index in [1.54, 1.807) is 0 Å². The normalized spacial score (nSPS) is 11.0. The van der Waals surface area contributed by atoms with E-state index in [9.17, 15) is 4.79 Å². The first-order valence-electron chi connectivity index (χ1n) is 5.26. The third kappa shape index (κ3) is 9.69. The number of hydrogen-bond acceptors (Lipinski definition) is 3. The van der Waals surface area contributed by atoms with Gasteiger partial charge in [-0.05, 0) is 25.8 Å². The molecular formula is C9H21NO3Si. The van der Waals surface area contributed by atoms with Gasteiger partial charge in [0.1, 0.15) is 9.68 Å². The molecule has 0 saturated heterocycles. The number of nitrogens with one attached hydrogen (secondary N) is 1. The maximum absolute atomic E-state index is 11.1. The molecule has 0 saturated carbocycles. The fourth-order valence-corrected chi connectivity index (χ4v) is 2.12. The standard InChI is InChI=1S/C9H21NO3Si/c1-2-13-7-4-8-14-10-9(12)5-3-6-11/h11H,2-8,14H2,1H3,(H,10,12). The smallest absolute Gasteiger partial charge is 0.211 e. The van der Waals surface area contributed by atoms with Crippen LogP contribution in [0.3, 0.4) is 0 Å². The minimum absolute atomic E-state index is 0.0853. The number of aliphatic hydroxyl groups excluding tert-OH is 1. The lowest BCUT2D eigenvalue weighted by molar-refractivity contribution is -0.119. The van der Waals surface area contributed by atoms with Gasteiger partial charge < -0.3 is 14.8 Å². The third-order valence-corrected chi connectivity index (χ3v) is 3.30. The van der Waals surface area contributed by atoms with E-state index < -0.39 is 9.68 Å². The fraction of sp³-hybridized carbons (Fsp3) is 0.889. The molecule has 0 aliphatic rings. The molecule has 14 heavy (non-hydrogen) atoms. The lowest BCUT2D eigenvalue weighted by Gasteiger charge is -2.03. The van der Waals surface area contributed by atoms with Gasteiger partial charge in [-0.25, -0.2) is 0 Å². The highest BCUT2D eigenvalue weighted by atomic mass is 28.2. The van der Waals surface area contributed by atoms with Crippen LogP contribution in [0.25, 0.3) is 0 Å². The van der Waals surface area contributed by atoms with Gasteiger partial charge >= 0.3 is 0 Å². The van der Waals surface area contributed by atoms with Crippen LogP contribution in [0.4, 0.5) is 0 Å². The Bertz CT molecular complexity index is 144. The number of carbonyl (C=O) groups is 1. The van der Waals surface area contributed by atoms with Crippen LogP contribution in [-0.2, 0) is 9.53 Å². The van der Waals surface area contributed by atoms with E-state index in [1.165, 1.54) is 0 Å². The lowest BCUT2D eigenvalue weighted by Crippen LogP contribution is -2.27. The Kier molecular flexibility index (Phi) is 10.4. The molecule has 4 nitrogen and oxygen atoms in total. The number of amides is 1. The van der Waals surface area contributed by atoms with Crippen LogP contribution >= 0.6 is 0 Å². The Labute approximate surface area is 87.9 Å². The van der Waals surface area contributed by atoms with Gasteiger partial charge in [0.2, 0.25) is 5.91 Å². The summed E-state index contributed by atoms with van der Waals surface area (Å²) >= 11 is 0. The third-order valence-electron chi connectivity index (χ3n) is 1.80. The van der Waals surface area contributed by atoms with Gasteiger partial charge in [-0.1, -0.05) is 0 Å². The maximum atomic E-state index is 11.1. The van der Waals surface area contributed by atoms with E-state index in [0.717, 1.165) is 25.7 Å². The first-order chi connectivity index (χ1) is 6.81. The quantitative estimate of drug-likeness (QED) is 0.417. The van der Waals surface area contributed by atoms with Crippen molar-refractivity contribution in [3.8, 4) is 0 Å². The molecule has 0 bridgehead atoms. The molecule has 0 fully saturated rings. The highest BCUT2D eigenvalue weighted by Crippen LogP contribution is 1.90. The maximum Gasteiger partial charge on any atom is 0.211 e. The summed E-state index contributed by atoms with van der Waals surface area (Å²) in [4.78, 5) is 14.0. The average Bonchev–Trinajstić information content (AvgIpc) is 2.20. The molecule has 0 atom stereocenters. The molecule has 0 aromatic rings. The molecule has 0 rings (SSSR count). The predicted molar refractivity (Wildman–Crippen MR) is 58.9 cm³/mol. The van der Waals surface area contributed by atoms with Gasteiger partial charge in [-0.15, -0.1) is 0 Å². The summed E-state index contributed by atoms with van der Waals surface area (Å²) < 4.78 is 5.18. The summed E-state index contributed by atoms with van der Waals surface area (Å²) in [6.07, 6.45) is 2.06. The molecule has 0 aliphatic heterocycles. The first-order valence-corrected chi connectivity index (χ1v) is 6.97. The molecular weight excluding hydrogens is 198 g/mol. The number of carbonyl (C=O) groups excluding carboxylic acids is 1. The monoisotopic (exact) mass is 219 g/mol. The molecule has 0 unspecified atom stereocenters. The van der Waals surface area contributed by atoms with E-state index in [0.29, 0.717) is 12.8 Å². The van der Waals surface area contributed by atoms with Crippen LogP contribution in [0.5, 0.6) is 0 Å². The number of ether oxygens (including phenoxy) is 1. The Morgan fingerprint density at radius 3 is 2.93 bits per heavy atom. The molecule has 0 aromatic carbocycles. The van der Waals surface area contributed by atoms with Gasteiger partial charge in [0.25, 0.3) is 0 Å². The largest absolute Gasteiger partial charge is 0.396 e. The van der Waals surface area contributed by atoms with Crippen LogP contribution in [0.1, 0.15) is 26.2 Å². The number of rotatable bonds is 9. The van der Waals surface area contributed by atoms with Crippen molar-refractivity contribution in [3.63, 3.8) is 0 Å². The summed E-state index contributed by atoms with van der Waals surface area (Å²) in [6.45, 7) is 3.65. The Morgan fingerprint density at radius 2 is 2.29 bits per heavy atom. The van der Waals surface area contributed by atoms with Crippen LogP contribution in [-0.4, -0.2) is 40.5 Å². The molecule has 0 aromatic heterocycles. The van der Waals surface area contributed by atoms with Crippen LogP contribution in [0.2, 0.25) is 6.04 Å². The minimum Gasteiger partial charge on any atom is -0.396 e. The van der Waals surface area contributed by atoms with Gasteiger partial charge in [0.05, 0.1) is 0 Å². The zero-order chi connectivity index (χ0) is 10.6.